The summed E-state index contributed by atoms with van der Waals surface area (Å²) in [4.78, 5) is 0. The van der Waals surface area contributed by atoms with Crippen molar-refractivity contribution in [2.45, 2.75) is 19.4 Å². The number of thiophene rings is 1. The zero-order valence-electron chi connectivity index (χ0n) is 10.4. The summed E-state index contributed by atoms with van der Waals surface area (Å²) >= 11 is 11.3. The molecule has 0 fully saturated rings. The zero-order chi connectivity index (χ0) is 13.8. The molecule has 2 rings (SSSR count). The number of hydrogen-bond acceptors (Lipinski definition) is 2. The number of likely N-dealkylation sites (N-methyl/N-ethyl adjacent to an activating group) is 1. The van der Waals surface area contributed by atoms with E-state index in [9.17, 15) is 4.39 Å². The van der Waals surface area contributed by atoms with Crippen LogP contribution in [0.15, 0.2) is 33.4 Å². The largest absolute Gasteiger partial charge is 0.310 e. The smallest absolute Gasteiger partial charge is 0.127 e. The normalized spacial score (nSPS) is 12.6. The van der Waals surface area contributed by atoms with Crippen LogP contribution >= 0.6 is 38.9 Å². The molecule has 1 unspecified atom stereocenters. The number of halogens is 3. The summed E-state index contributed by atoms with van der Waals surface area (Å²) in [5.41, 5.74) is 1.71. The predicted molar refractivity (Wildman–Crippen MR) is 83.6 cm³/mol. The minimum absolute atomic E-state index is 0.0556. The van der Waals surface area contributed by atoms with E-state index in [1.165, 1.54) is 6.07 Å². The quantitative estimate of drug-likeness (QED) is 0.771. The van der Waals surface area contributed by atoms with Crippen LogP contribution in [-0.4, -0.2) is 6.54 Å². The van der Waals surface area contributed by atoms with Gasteiger partial charge in [0, 0.05) is 26.5 Å². The molecule has 1 atom stereocenters. The van der Waals surface area contributed by atoms with Crippen LogP contribution in [0, 0.1) is 5.82 Å². The second-order valence-corrected chi connectivity index (χ2v) is 6.19. The molecule has 102 valence electrons. The average molecular weight is 363 g/mol. The van der Waals surface area contributed by atoms with Crippen LogP contribution in [0.2, 0.25) is 5.02 Å². The average Bonchev–Trinajstić information content (AvgIpc) is 2.79. The highest BCUT2D eigenvalue weighted by molar-refractivity contribution is 9.10. The summed E-state index contributed by atoms with van der Waals surface area (Å²) in [6.07, 6.45) is 0.536. The molecule has 0 saturated heterocycles. The molecular weight excluding hydrogens is 349 g/mol. The molecule has 0 bridgehead atoms. The van der Waals surface area contributed by atoms with Gasteiger partial charge in [0.05, 0.1) is 0 Å². The van der Waals surface area contributed by atoms with Crippen LogP contribution < -0.4 is 5.32 Å². The van der Waals surface area contributed by atoms with Gasteiger partial charge in [-0.05, 0) is 52.0 Å². The topological polar surface area (TPSA) is 12.0 Å². The maximum atomic E-state index is 13.9. The van der Waals surface area contributed by atoms with Gasteiger partial charge < -0.3 is 5.32 Å². The van der Waals surface area contributed by atoms with Crippen LogP contribution in [0.4, 0.5) is 4.39 Å². The van der Waals surface area contributed by atoms with Crippen LogP contribution in [0.1, 0.15) is 24.1 Å². The van der Waals surface area contributed by atoms with Crippen LogP contribution in [0.3, 0.4) is 0 Å². The molecule has 2 aromatic rings. The first kappa shape index (κ1) is 15.0. The molecule has 0 aliphatic heterocycles. The highest BCUT2D eigenvalue weighted by Gasteiger charge is 2.18. The summed E-state index contributed by atoms with van der Waals surface area (Å²) in [5.74, 6) is -0.248. The maximum absolute atomic E-state index is 13.9. The number of nitrogens with one attached hydrogen (secondary N) is 1. The Hall–Kier alpha value is -0.420. The monoisotopic (exact) mass is 361 g/mol. The van der Waals surface area contributed by atoms with Crippen molar-refractivity contribution in [3.05, 3.63) is 55.4 Å². The summed E-state index contributed by atoms with van der Waals surface area (Å²) in [5, 5.41) is 7.97. The molecule has 1 N–H and O–H groups in total. The molecule has 0 amide bonds. The zero-order valence-corrected chi connectivity index (χ0v) is 13.6. The van der Waals surface area contributed by atoms with Gasteiger partial charge in [-0.25, -0.2) is 4.39 Å². The van der Waals surface area contributed by atoms with Crippen LogP contribution in [0.5, 0.6) is 0 Å². The first-order valence-corrected chi connectivity index (χ1v) is 8.12. The van der Waals surface area contributed by atoms with Crippen LogP contribution in [0.25, 0.3) is 0 Å². The lowest BCUT2D eigenvalue weighted by Crippen LogP contribution is -2.23. The Kier molecular flexibility index (Phi) is 5.39. The molecule has 0 saturated carbocycles. The van der Waals surface area contributed by atoms with Gasteiger partial charge in [0.1, 0.15) is 5.82 Å². The van der Waals surface area contributed by atoms with Crippen molar-refractivity contribution in [3.63, 3.8) is 0 Å². The van der Waals surface area contributed by atoms with Crippen molar-refractivity contribution in [1.82, 2.24) is 5.32 Å². The lowest BCUT2D eigenvalue weighted by atomic mass is 10.0. The Morgan fingerprint density at radius 3 is 2.79 bits per heavy atom. The van der Waals surface area contributed by atoms with Gasteiger partial charge in [-0.1, -0.05) is 24.6 Å². The van der Waals surface area contributed by atoms with E-state index >= 15 is 0 Å². The third-order valence-electron chi connectivity index (χ3n) is 2.94. The Bertz CT molecular complexity index is 538. The van der Waals surface area contributed by atoms with Crippen LogP contribution in [-0.2, 0) is 6.42 Å². The lowest BCUT2D eigenvalue weighted by molar-refractivity contribution is 0.528. The van der Waals surface area contributed by atoms with Gasteiger partial charge in [-0.3, -0.25) is 0 Å². The van der Waals surface area contributed by atoms with E-state index in [-0.39, 0.29) is 11.9 Å². The molecule has 1 heterocycles. The Morgan fingerprint density at radius 2 is 2.21 bits per heavy atom. The number of benzene rings is 1. The van der Waals surface area contributed by atoms with E-state index in [0.717, 1.165) is 16.6 Å². The Morgan fingerprint density at radius 1 is 1.42 bits per heavy atom. The first-order valence-electron chi connectivity index (χ1n) is 6.01. The molecule has 0 aliphatic carbocycles. The fraction of sp³-hybridized carbons (Fsp3) is 0.286. The minimum atomic E-state index is -0.248. The molecule has 1 aromatic carbocycles. The standard InChI is InChI=1S/C14H14BrClFNS/c1-2-18-14(10-7-19-8-11(10)15)6-9-12(16)4-3-5-13(9)17/h3-5,7-8,14,18H,2,6H2,1H3. The third-order valence-corrected chi connectivity index (χ3v) is 5.04. The maximum Gasteiger partial charge on any atom is 0.127 e. The van der Waals surface area contributed by atoms with Gasteiger partial charge in [0.25, 0.3) is 0 Å². The van der Waals surface area contributed by atoms with Crippen molar-refractivity contribution in [2.24, 2.45) is 0 Å². The second kappa shape index (κ2) is 6.84. The number of hydrogen-bond donors (Lipinski definition) is 1. The third kappa shape index (κ3) is 3.57. The van der Waals surface area contributed by atoms with Crippen molar-refractivity contribution < 1.29 is 4.39 Å². The highest BCUT2D eigenvalue weighted by Crippen LogP contribution is 2.31. The SMILES string of the molecule is CCNC(Cc1c(F)cccc1Cl)c1cscc1Br. The second-order valence-electron chi connectivity index (χ2n) is 4.19. The first-order chi connectivity index (χ1) is 9.13. The predicted octanol–water partition coefficient (Wildman–Crippen LogP) is 5.20. The minimum Gasteiger partial charge on any atom is -0.310 e. The molecular formula is C14H14BrClFNS. The molecule has 19 heavy (non-hydrogen) atoms. The summed E-state index contributed by atoms with van der Waals surface area (Å²) in [6, 6.07) is 4.86. The van der Waals surface area contributed by atoms with Crippen molar-refractivity contribution in [1.29, 1.82) is 0 Å². The van der Waals surface area contributed by atoms with E-state index in [1.54, 1.807) is 23.5 Å². The van der Waals surface area contributed by atoms with Gasteiger partial charge in [0.15, 0.2) is 0 Å². The molecule has 0 spiro atoms. The van der Waals surface area contributed by atoms with Crippen molar-refractivity contribution in [3.8, 4) is 0 Å². The van der Waals surface area contributed by atoms with Gasteiger partial charge >= 0.3 is 0 Å². The molecule has 1 aromatic heterocycles. The Labute approximate surface area is 129 Å². The molecule has 5 heteroatoms. The molecule has 0 aliphatic rings. The summed E-state index contributed by atoms with van der Waals surface area (Å²) in [7, 11) is 0. The van der Waals surface area contributed by atoms with Gasteiger partial charge in [-0.15, -0.1) is 0 Å². The highest BCUT2D eigenvalue weighted by atomic mass is 79.9. The lowest BCUT2D eigenvalue weighted by Gasteiger charge is -2.19. The van der Waals surface area contributed by atoms with Crippen molar-refractivity contribution >= 4 is 38.9 Å². The number of rotatable bonds is 5. The molecule has 1 nitrogen and oxygen atoms in total. The van der Waals surface area contributed by atoms with Gasteiger partial charge in [-0.2, -0.15) is 11.3 Å². The summed E-state index contributed by atoms with van der Waals surface area (Å²) < 4.78 is 14.9. The fourth-order valence-electron chi connectivity index (χ4n) is 2.01. The van der Waals surface area contributed by atoms with E-state index in [2.05, 4.69) is 26.6 Å². The van der Waals surface area contributed by atoms with E-state index in [0.29, 0.717) is 17.0 Å². The van der Waals surface area contributed by atoms with E-state index < -0.39 is 0 Å². The van der Waals surface area contributed by atoms with Gasteiger partial charge in [0.2, 0.25) is 0 Å². The molecule has 0 radical (unpaired) electrons. The van der Waals surface area contributed by atoms with E-state index in [4.69, 9.17) is 11.6 Å². The summed E-state index contributed by atoms with van der Waals surface area (Å²) in [6.45, 7) is 2.86. The van der Waals surface area contributed by atoms with Crippen molar-refractivity contribution in [2.75, 3.05) is 6.54 Å². The van der Waals surface area contributed by atoms with E-state index in [1.807, 2.05) is 12.3 Å². The fourth-order valence-corrected chi connectivity index (χ4v) is 3.88. The Balaban J connectivity index is 2.29.